The number of carboxylic acid groups (broad SMARTS) is 1. The number of likely N-dealkylation sites (tertiary alicyclic amines) is 1. The van der Waals surface area contributed by atoms with Gasteiger partial charge in [0.05, 0.1) is 5.69 Å². The summed E-state index contributed by atoms with van der Waals surface area (Å²) in [6.45, 7) is 4.26. The SMILES string of the molecule is O=C(O)c1cnccc1N1CCC(N2CCCCC2)C1. The van der Waals surface area contributed by atoms with Crippen molar-refractivity contribution in [3.63, 3.8) is 0 Å². The van der Waals surface area contributed by atoms with Gasteiger partial charge in [-0.3, -0.25) is 9.88 Å². The summed E-state index contributed by atoms with van der Waals surface area (Å²) in [5.41, 5.74) is 1.12. The van der Waals surface area contributed by atoms with Crippen LogP contribution in [-0.2, 0) is 0 Å². The van der Waals surface area contributed by atoms with Crippen LogP contribution in [0.5, 0.6) is 0 Å². The van der Waals surface area contributed by atoms with Crippen molar-refractivity contribution < 1.29 is 9.90 Å². The van der Waals surface area contributed by atoms with Gasteiger partial charge < -0.3 is 10.0 Å². The van der Waals surface area contributed by atoms with Gasteiger partial charge in [0.15, 0.2) is 0 Å². The third kappa shape index (κ3) is 2.63. The van der Waals surface area contributed by atoms with Gasteiger partial charge in [-0.05, 0) is 38.4 Å². The van der Waals surface area contributed by atoms with E-state index in [2.05, 4.69) is 14.8 Å². The molecule has 0 saturated carbocycles. The monoisotopic (exact) mass is 275 g/mol. The maximum absolute atomic E-state index is 11.3. The standard InChI is InChI=1S/C15H21N3O2/c19-15(20)13-10-16-6-4-14(13)18-9-5-12(11-18)17-7-2-1-3-8-17/h4,6,10,12H,1-3,5,7-9,11H2,(H,19,20). The van der Waals surface area contributed by atoms with Crippen LogP contribution in [0.3, 0.4) is 0 Å². The van der Waals surface area contributed by atoms with E-state index in [1.807, 2.05) is 6.07 Å². The number of hydrogen-bond donors (Lipinski definition) is 1. The molecule has 1 unspecified atom stereocenters. The molecule has 5 heteroatoms. The zero-order valence-corrected chi connectivity index (χ0v) is 11.7. The lowest BCUT2D eigenvalue weighted by Gasteiger charge is -2.32. The van der Waals surface area contributed by atoms with E-state index in [4.69, 9.17) is 0 Å². The Hall–Kier alpha value is -1.62. The fourth-order valence-electron chi connectivity index (χ4n) is 3.37. The van der Waals surface area contributed by atoms with Crippen molar-refractivity contribution in [2.24, 2.45) is 0 Å². The van der Waals surface area contributed by atoms with Gasteiger partial charge in [0.1, 0.15) is 5.56 Å². The van der Waals surface area contributed by atoms with Crippen LogP contribution in [0.15, 0.2) is 18.5 Å². The van der Waals surface area contributed by atoms with Crippen molar-refractivity contribution in [3.8, 4) is 0 Å². The van der Waals surface area contributed by atoms with Crippen LogP contribution in [0, 0.1) is 0 Å². The largest absolute Gasteiger partial charge is 0.478 e. The highest BCUT2D eigenvalue weighted by atomic mass is 16.4. The number of carbonyl (C=O) groups is 1. The van der Waals surface area contributed by atoms with Crippen LogP contribution < -0.4 is 4.90 Å². The Bertz CT molecular complexity index is 486. The molecule has 1 aromatic heterocycles. The molecule has 3 heterocycles. The van der Waals surface area contributed by atoms with Gasteiger partial charge in [0.25, 0.3) is 0 Å². The van der Waals surface area contributed by atoms with Gasteiger partial charge in [-0.2, -0.15) is 0 Å². The van der Waals surface area contributed by atoms with E-state index in [0.29, 0.717) is 11.6 Å². The van der Waals surface area contributed by atoms with Crippen molar-refractivity contribution >= 4 is 11.7 Å². The van der Waals surface area contributed by atoms with Gasteiger partial charge >= 0.3 is 5.97 Å². The molecule has 1 aromatic rings. The molecule has 0 bridgehead atoms. The van der Waals surface area contributed by atoms with E-state index < -0.39 is 5.97 Å². The minimum absolute atomic E-state index is 0.312. The van der Waals surface area contributed by atoms with Crippen LogP contribution in [-0.4, -0.2) is 53.2 Å². The fourth-order valence-corrected chi connectivity index (χ4v) is 3.37. The van der Waals surface area contributed by atoms with Crippen molar-refractivity contribution in [3.05, 3.63) is 24.0 Å². The molecule has 0 aliphatic carbocycles. The number of carboxylic acids is 1. The summed E-state index contributed by atoms with van der Waals surface area (Å²) >= 11 is 0. The zero-order chi connectivity index (χ0) is 13.9. The first-order chi connectivity index (χ1) is 9.75. The first kappa shape index (κ1) is 13.4. The molecule has 3 rings (SSSR count). The van der Waals surface area contributed by atoms with Gasteiger partial charge in [-0.25, -0.2) is 4.79 Å². The van der Waals surface area contributed by atoms with Gasteiger partial charge in [-0.15, -0.1) is 0 Å². The number of aromatic carboxylic acids is 1. The van der Waals surface area contributed by atoms with Gasteiger partial charge in [0, 0.05) is 31.5 Å². The quantitative estimate of drug-likeness (QED) is 0.912. The molecule has 0 spiro atoms. The minimum atomic E-state index is -0.894. The molecular formula is C15H21N3O2. The van der Waals surface area contributed by atoms with E-state index in [1.54, 1.807) is 6.20 Å². The number of piperidine rings is 1. The maximum Gasteiger partial charge on any atom is 0.339 e. The van der Waals surface area contributed by atoms with E-state index in [1.165, 1.54) is 38.5 Å². The molecule has 0 amide bonds. The summed E-state index contributed by atoms with van der Waals surface area (Å²) in [4.78, 5) is 20.0. The Morgan fingerprint density at radius 2 is 2.05 bits per heavy atom. The molecule has 2 aliphatic heterocycles. The van der Waals surface area contributed by atoms with E-state index in [9.17, 15) is 9.90 Å². The molecule has 1 atom stereocenters. The van der Waals surface area contributed by atoms with Crippen molar-refractivity contribution in [2.75, 3.05) is 31.1 Å². The predicted molar refractivity (Wildman–Crippen MR) is 77.2 cm³/mol. The van der Waals surface area contributed by atoms with Gasteiger partial charge in [-0.1, -0.05) is 6.42 Å². The zero-order valence-electron chi connectivity index (χ0n) is 11.7. The number of anilines is 1. The van der Waals surface area contributed by atoms with E-state index in [0.717, 1.165) is 25.2 Å². The average molecular weight is 275 g/mol. The molecule has 20 heavy (non-hydrogen) atoms. The third-order valence-electron chi connectivity index (χ3n) is 4.44. The highest BCUT2D eigenvalue weighted by Gasteiger charge is 2.30. The Morgan fingerprint density at radius 1 is 1.25 bits per heavy atom. The van der Waals surface area contributed by atoms with Crippen molar-refractivity contribution in [1.82, 2.24) is 9.88 Å². The smallest absolute Gasteiger partial charge is 0.339 e. The highest BCUT2D eigenvalue weighted by molar-refractivity contribution is 5.94. The molecule has 108 valence electrons. The summed E-state index contributed by atoms with van der Waals surface area (Å²) < 4.78 is 0. The average Bonchev–Trinajstić information content (AvgIpc) is 2.98. The van der Waals surface area contributed by atoms with Crippen LogP contribution in [0.4, 0.5) is 5.69 Å². The number of nitrogens with zero attached hydrogens (tertiary/aromatic N) is 3. The topological polar surface area (TPSA) is 56.7 Å². The normalized spacial score (nSPS) is 24.0. The maximum atomic E-state index is 11.3. The molecule has 1 N–H and O–H groups in total. The van der Waals surface area contributed by atoms with Crippen molar-refractivity contribution in [1.29, 1.82) is 0 Å². The van der Waals surface area contributed by atoms with Gasteiger partial charge in [0.2, 0.25) is 0 Å². The first-order valence-electron chi connectivity index (χ1n) is 7.42. The first-order valence-corrected chi connectivity index (χ1v) is 7.42. The molecule has 2 aliphatic rings. The summed E-state index contributed by atoms with van der Waals surface area (Å²) in [7, 11) is 0. The molecule has 0 aromatic carbocycles. The molecule has 2 saturated heterocycles. The van der Waals surface area contributed by atoms with Crippen LogP contribution in [0.2, 0.25) is 0 Å². The Balaban J connectivity index is 1.72. The second kappa shape index (κ2) is 5.79. The van der Waals surface area contributed by atoms with E-state index in [-0.39, 0.29) is 0 Å². The second-order valence-corrected chi connectivity index (χ2v) is 5.68. The van der Waals surface area contributed by atoms with E-state index >= 15 is 0 Å². The van der Waals surface area contributed by atoms with Crippen LogP contribution in [0.1, 0.15) is 36.0 Å². The highest BCUT2D eigenvalue weighted by Crippen LogP contribution is 2.27. The Labute approximate surface area is 119 Å². The summed E-state index contributed by atoms with van der Waals surface area (Å²) in [5.74, 6) is -0.894. The molecule has 5 nitrogen and oxygen atoms in total. The number of hydrogen-bond acceptors (Lipinski definition) is 4. The van der Waals surface area contributed by atoms with Crippen LogP contribution >= 0.6 is 0 Å². The summed E-state index contributed by atoms with van der Waals surface area (Å²) in [6, 6.07) is 2.40. The van der Waals surface area contributed by atoms with Crippen molar-refractivity contribution in [2.45, 2.75) is 31.7 Å². The Morgan fingerprint density at radius 3 is 2.80 bits per heavy atom. The lowest BCUT2D eigenvalue weighted by molar-refractivity contribution is 0.0697. The molecular weight excluding hydrogens is 254 g/mol. The second-order valence-electron chi connectivity index (χ2n) is 5.68. The number of pyridine rings is 1. The summed E-state index contributed by atoms with van der Waals surface area (Å²) in [6.07, 6.45) is 8.20. The lowest BCUT2D eigenvalue weighted by Crippen LogP contribution is -2.41. The molecule has 0 radical (unpaired) electrons. The Kier molecular flexibility index (Phi) is 3.87. The number of rotatable bonds is 3. The molecule has 2 fully saturated rings. The summed E-state index contributed by atoms with van der Waals surface area (Å²) in [5, 5.41) is 9.26. The third-order valence-corrected chi connectivity index (χ3v) is 4.44. The fraction of sp³-hybridized carbons (Fsp3) is 0.600. The van der Waals surface area contributed by atoms with Crippen LogP contribution in [0.25, 0.3) is 0 Å². The minimum Gasteiger partial charge on any atom is -0.478 e. The lowest BCUT2D eigenvalue weighted by atomic mass is 10.1. The number of aromatic nitrogens is 1. The predicted octanol–water partition coefficient (Wildman–Crippen LogP) is 1.84.